The number of halogens is 2. The van der Waals surface area contributed by atoms with Gasteiger partial charge in [-0.1, -0.05) is 58.4 Å². The van der Waals surface area contributed by atoms with Crippen LogP contribution in [0, 0.1) is 0 Å². The summed E-state index contributed by atoms with van der Waals surface area (Å²) in [5.41, 5.74) is 5.52. The van der Waals surface area contributed by atoms with Gasteiger partial charge in [0.2, 0.25) is 0 Å². The first kappa shape index (κ1) is 20.1. The molecule has 3 aromatic carbocycles. The third-order valence-corrected chi connectivity index (χ3v) is 5.10. The second kappa shape index (κ2) is 9.52. The van der Waals surface area contributed by atoms with Crippen LogP contribution in [0.1, 0.15) is 5.56 Å². The summed E-state index contributed by atoms with van der Waals surface area (Å²) in [5, 5.41) is 2.01. The van der Waals surface area contributed by atoms with Crippen LogP contribution in [0.5, 0.6) is 5.75 Å². The molecule has 142 valence electrons. The fourth-order valence-corrected chi connectivity index (χ4v) is 3.43. The average molecular weight is 504 g/mol. The molecule has 0 aliphatic rings. The molecular formula is C21H16Br2N2O3. The smallest absolute Gasteiger partial charge is 0.276 e. The summed E-state index contributed by atoms with van der Waals surface area (Å²) in [6.07, 6.45) is 3.00. The first-order valence-electron chi connectivity index (χ1n) is 8.35. The lowest BCUT2D eigenvalue weighted by molar-refractivity contribution is -0.128. The van der Waals surface area contributed by atoms with Gasteiger partial charge in [-0.25, -0.2) is 0 Å². The Morgan fingerprint density at radius 1 is 0.964 bits per heavy atom. The van der Waals surface area contributed by atoms with E-state index >= 15 is 0 Å². The fraction of sp³-hybridized carbons (Fsp3) is 0.0476. The van der Waals surface area contributed by atoms with Crippen molar-refractivity contribution in [2.45, 2.75) is 0 Å². The molecule has 0 unspecified atom stereocenters. The Morgan fingerprint density at radius 3 is 2.54 bits per heavy atom. The van der Waals surface area contributed by atoms with Gasteiger partial charge in [0, 0.05) is 10.5 Å². The minimum absolute atomic E-state index is 0.233. The van der Waals surface area contributed by atoms with Gasteiger partial charge in [-0.3, -0.25) is 20.4 Å². The van der Waals surface area contributed by atoms with E-state index in [1.165, 1.54) is 6.08 Å². The lowest BCUT2D eigenvalue weighted by atomic mass is 10.1. The van der Waals surface area contributed by atoms with Gasteiger partial charge in [0.25, 0.3) is 11.8 Å². The second-order valence-corrected chi connectivity index (χ2v) is 7.52. The largest absolute Gasteiger partial charge is 0.483 e. The van der Waals surface area contributed by atoms with Crippen LogP contribution < -0.4 is 15.6 Å². The zero-order valence-corrected chi connectivity index (χ0v) is 17.8. The zero-order chi connectivity index (χ0) is 19.9. The third-order valence-electron chi connectivity index (χ3n) is 3.79. The van der Waals surface area contributed by atoms with Gasteiger partial charge in [0.15, 0.2) is 6.61 Å². The lowest BCUT2D eigenvalue weighted by Gasteiger charge is -2.11. The number of carbonyl (C=O) groups is 2. The summed E-state index contributed by atoms with van der Waals surface area (Å²) in [7, 11) is 0. The lowest BCUT2D eigenvalue weighted by Crippen LogP contribution is -2.43. The molecule has 0 saturated heterocycles. The van der Waals surface area contributed by atoms with E-state index in [2.05, 4.69) is 42.7 Å². The van der Waals surface area contributed by atoms with E-state index in [4.69, 9.17) is 4.74 Å². The summed E-state index contributed by atoms with van der Waals surface area (Å²) in [6.45, 7) is -0.233. The molecule has 0 atom stereocenters. The van der Waals surface area contributed by atoms with E-state index in [1.54, 1.807) is 12.1 Å². The summed E-state index contributed by atoms with van der Waals surface area (Å²) < 4.78 is 7.31. The molecule has 5 nitrogen and oxygen atoms in total. The summed E-state index contributed by atoms with van der Waals surface area (Å²) in [6, 6.07) is 19.0. The van der Waals surface area contributed by atoms with Gasteiger partial charge < -0.3 is 4.74 Å². The van der Waals surface area contributed by atoms with E-state index in [0.29, 0.717) is 5.75 Å². The van der Waals surface area contributed by atoms with Crippen LogP contribution in [0.4, 0.5) is 0 Å². The highest BCUT2D eigenvalue weighted by Gasteiger charge is 2.09. The molecular weight excluding hydrogens is 488 g/mol. The SMILES string of the molecule is O=C(/C=C/c1ccccc1)NNC(=O)COc1ccc2cc(Br)ccc2c1Br. The van der Waals surface area contributed by atoms with Gasteiger partial charge in [0.05, 0.1) is 4.47 Å². The van der Waals surface area contributed by atoms with E-state index in [9.17, 15) is 9.59 Å². The second-order valence-electron chi connectivity index (χ2n) is 5.81. The molecule has 0 heterocycles. The van der Waals surface area contributed by atoms with E-state index in [0.717, 1.165) is 25.3 Å². The van der Waals surface area contributed by atoms with Crippen LogP contribution in [-0.4, -0.2) is 18.4 Å². The van der Waals surface area contributed by atoms with Crippen LogP contribution in [0.25, 0.3) is 16.8 Å². The molecule has 0 aliphatic carbocycles. The molecule has 0 aromatic heterocycles. The average Bonchev–Trinajstić information content (AvgIpc) is 2.71. The number of carbonyl (C=O) groups excluding carboxylic acids is 2. The van der Waals surface area contributed by atoms with Crippen molar-refractivity contribution in [3.8, 4) is 5.75 Å². The quantitative estimate of drug-likeness (QED) is 0.395. The molecule has 3 rings (SSSR count). The molecule has 2 N–H and O–H groups in total. The molecule has 0 fully saturated rings. The predicted octanol–water partition coefficient (Wildman–Crippen LogP) is 4.60. The normalized spacial score (nSPS) is 10.8. The maximum atomic E-state index is 11.9. The number of amides is 2. The molecule has 0 aliphatic heterocycles. The molecule has 0 bridgehead atoms. The number of rotatable bonds is 5. The molecule has 0 spiro atoms. The highest BCUT2D eigenvalue weighted by molar-refractivity contribution is 9.11. The Bertz CT molecular complexity index is 1040. The van der Waals surface area contributed by atoms with Gasteiger partial charge >= 0.3 is 0 Å². The van der Waals surface area contributed by atoms with Crippen molar-refractivity contribution in [1.82, 2.24) is 10.9 Å². The number of hydrogen-bond donors (Lipinski definition) is 2. The monoisotopic (exact) mass is 502 g/mol. The Kier molecular flexibility index (Phi) is 6.84. The fourth-order valence-electron chi connectivity index (χ4n) is 2.44. The topological polar surface area (TPSA) is 67.4 Å². The highest BCUT2D eigenvalue weighted by Crippen LogP contribution is 2.34. The number of hydrogen-bond acceptors (Lipinski definition) is 3. The zero-order valence-electron chi connectivity index (χ0n) is 14.6. The Hall–Kier alpha value is -2.64. The van der Waals surface area contributed by atoms with E-state index in [-0.39, 0.29) is 6.61 Å². The molecule has 0 saturated carbocycles. The van der Waals surface area contributed by atoms with E-state index < -0.39 is 11.8 Å². The number of fused-ring (bicyclic) bond motifs is 1. The Morgan fingerprint density at radius 2 is 1.75 bits per heavy atom. The maximum absolute atomic E-state index is 11.9. The van der Waals surface area contributed by atoms with Gasteiger partial charge in [-0.05, 0) is 56.5 Å². The Balaban J connectivity index is 1.51. The number of benzene rings is 3. The Labute approximate surface area is 179 Å². The summed E-state index contributed by atoms with van der Waals surface area (Å²) in [5.74, 6) is -0.362. The van der Waals surface area contributed by atoms with Crippen molar-refractivity contribution in [2.24, 2.45) is 0 Å². The molecule has 28 heavy (non-hydrogen) atoms. The minimum Gasteiger partial charge on any atom is -0.483 e. The highest BCUT2D eigenvalue weighted by atomic mass is 79.9. The van der Waals surface area contributed by atoms with Crippen LogP contribution in [0.2, 0.25) is 0 Å². The van der Waals surface area contributed by atoms with Crippen molar-refractivity contribution in [3.63, 3.8) is 0 Å². The number of ether oxygens (including phenoxy) is 1. The van der Waals surface area contributed by atoms with Crippen molar-refractivity contribution in [1.29, 1.82) is 0 Å². The van der Waals surface area contributed by atoms with Crippen LogP contribution in [0.15, 0.2) is 75.7 Å². The number of nitrogens with one attached hydrogen (secondary N) is 2. The van der Waals surface area contributed by atoms with Crippen molar-refractivity contribution < 1.29 is 14.3 Å². The standard InChI is InChI=1S/C21H16Br2N2O3/c22-16-8-9-17-15(12-16)7-10-18(21(17)23)28-13-20(27)25-24-19(26)11-6-14-4-2-1-3-5-14/h1-12H,13H2,(H,24,26)(H,25,27)/b11-6+. The van der Waals surface area contributed by atoms with Crippen molar-refractivity contribution >= 4 is 60.5 Å². The van der Waals surface area contributed by atoms with Gasteiger partial charge in [-0.15, -0.1) is 0 Å². The first-order chi connectivity index (χ1) is 13.5. The molecule has 7 heteroatoms. The van der Waals surface area contributed by atoms with Gasteiger partial charge in [0.1, 0.15) is 5.75 Å². The van der Waals surface area contributed by atoms with Crippen LogP contribution >= 0.6 is 31.9 Å². The third kappa shape index (κ3) is 5.43. The summed E-state index contributed by atoms with van der Waals surface area (Å²) >= 11 is 6.95. The minimum atomic E-state index is -0.468. The number of hydrazine groups is 1. The maximum Gasteiger partial charge on any atom is 0.276 e. The molecule has 2 amide bonds. The summed E-state index contributed by atoms with van der Waals surface area (Å²) in [4.78, 5) is 23.7. The predicted molar refractivity (Wildman–Crippen MR) is 117 cm³/mol. The van der Waals surface area contributed by atoms with Crippen LogP contribution in [0.3, 0.4) is 0 Å². The van der Waals surface area contributed by atoms with E-state index in [1.807, 2.05) is 54.6 Å². The van der Waals surface area contributed by atoms with Crippen molar-refractivity contribution in [2.75, 3.05) is 6.61 Å². The molecule has 0 radical (unpaired) electrons. The van der Waals surface area contributed by atoms with Crippen molar-refractivity contribution in [3.05, 3.63) is 81.2 Å². The first-order valence-corrected chi connectivity index (χ1v) is 9.94. The van der Waals surface area contributed by atoms with Gasteiger partial charge in [-0.2, -0.15) is 0 Å². The molecule has 3 aromatic rings. The van der Waals surface area contributed by atoms with Crippen LogP contribution in [-0.2, 0) is 9.59 Å².